The number of carbonyl (C=O) groups is 2. The number of ether oxygens (including phenoxy) is 3. The molecule has 0 fully saturated rings. The van der Waals surface area contributed by atoms with Crippen LogP contribution in [0.4, 0.5) is 4.79 Å². The molecule has 2 atom stereocenters. The van der Waals surface area contributed by atoms with Gasteiger partial charge in [-0.2, -0.15) is 5.10 Å². The third-order valence-electron chi connectivity index (χ3n) is 7.26. The highest BCUT2D eigenvalue weighted by atomic mass is 35.5. The summed E-state index contributed by atoms with van der Waals surface area (Å²) in [5.41, 5.74) is 6.81. The number of urea groups is 1. The first-order valence-electron chi connectivity index (χ1n) is 14.4. The minimum atomic E-state index is -1.14. The maximum Gasteiger partial charge on any atom is 0.337 e. The average Bonchev–Trinajstić information content (AvgIpc) is 3.38. The van der Waals surface area contributed by atoms with Gasteiger partial charge in [0.05, 0.1) is 41.6 Å². The number of para-hydroxylation sites is 1. The number of allylic oxidation sites excluding steroid dienone is 1. The molecule has 0 unspecified atom stereocenters. The van der Waals surface area contributed by atoms with Crippen molar-refractivity contribution < 1.29 is 28.9 Å². The molecule has 4 N–H and O–H groups in total. The van der Waals surface area contributed by atoms with Crippen molar-refractivity contribution in [3.05, 3.63) is 105 Å². The summed E-state index contributed by atoms with van der Waals surface area (Å²) >= 11 is 12.3. The molecule has 46 heavy (non-hydrogen) atoms. The first-order chi connectivity index (χ1) is 22.2. The maximum atomic E-state index is 12.5. The van der Waals surface area contributed by atoms with Crippen LogP contribution in [-0.2, 0) is 16.1 Å². The number of methoxy groups -OCH3 is 1. The first kappa shape index (κ1) is 32.7. The second-order valence-electron chi connectivity index (χ2n) is 10.4. The summed E-state index contributed by atoms with van der Waals surface area (Å²) in [6.07, 6.45) is 2.47. The number of aromatic nitrogens is 1. The number of hydrazone groups is 1. The number of benzene rings is 3. The van der Waals surface area contributed by atoms with Crippen molar-refractivity contribution in [2.75, 3.05) is 20.3 Å². The van der Waals surface area contributed by atoms with Gasteiger partial charge >= 0.3 is 12.0 Å². The number of nitrogens with one attached hydrogen (secondary N) is 3. The molecular formula is C33H33Cl2N5O6. The molecule has 2 amide bonds. The number of amides is 2. The Morgan fingerprint density at radius 2 is 1.91 bits per heavy atom. The van der Waals surface area contributed by atoms with Crippen LogP contribution in [0, 0.1) is 0 Å². The molecule has 13 heteroatoms. The summed E-state index contributed by atoms with van der Waals surface area (Å²) in [7, 11) is 1.28. The van der Waals surface area contributed by atoms with Gasteiger partial charge < -0.3 is 34.5 Å². The van der Waals surface area contributed by atoms with E-state index >= 15 is 0 Å². The monoisotopic (exact) mass is 665 g/mol. The molecule has 0 radical (unpaired) electrons. The van der Waals surface area contributed by atoms with Crippen LogP contribution < -0.4 is 25.5 Å². The van der Waals surface area contributed by atoms with E-state index in [4.69, 9.17) is 37.4 Å². The molecule has 2 heterocycles. The number of hydrogen-bond donors (Lipinski definition) is 4. The summed E-state index contributed by atoms with van der Waals surface area (Å²) in [6.45, 7) is 4.22. The lowest BCUT2D eigenvalue weighted by molar-refractivity contribution is -0.136. The minimum absolute atomic E-state index is 0.146. The van der Waals surface area contributed by atoms with Crippen molar-refractivity contribution in [1.29, 1.82) is 0 Å². The normalized spacial score (nSPS) is 15.4. The number of rotatable bonds is 12. The standard InChI is InChI=1S/C33H33Cl2N5O6/c1-4-45-28-14-21(31-30(32(42)44-3)19(2)37-33(43)38-31)10-12-27(28)46-18-29(41)39-36-15-22-17-40(26-8-6-5-7-23(22)26)16-20-9-11-24(34)25(35)13-20/h5-15,17,29,31,39,41H,4,16,18H2,1-3H3,(H2,37,38,43)/b36-15+/t29-,31+/m0/s1. The van der Waals surface area contributed by atoms with Crippen molar-refractivity contribution in [1.82, 2.24) is 20.6 Å². The first-order valence-corrected chi connectivity index (χ1v) is 15.2. The maximum absolute atomic E-state index is 12.5. The Labute approximate surface area is 275 Å². The van der Waals surface area contributed by atoms with Crippen LogP contribution in [0.1, 0.15) is 36.6 Å². The predicted molar refractivity (Wildman–Crippen MR) is 176 cm³/mol. The van der Waals surface area contributed by atoms with E-state index in [0.29, 0.717) is 46.0 Å². The van der Waals surface area contributed by atoms with Crippen LogP contribution in [0.15, 0.2) is 83.2 Å². The van der Waals surface area contributed by atoms with E-state index in [1.165, 1.54) is 7.11 Å². The van der Waals surface area contributed by atoms with Crippen LogP contribution in [-0.4, -0.2) is 54.4 Å². The third kappa shape index (κ3) is 7.39. The number of aliphatic hydroxyl groups is 1. The topological polar surface area (TPSA) is 135 Å². The Bertz CT molecular complexity index is 1820. The number of aliphatic hydroxyl groups excluding tert-OH is 1. The highest BCUT2D eigenvalue weighted by molar-refractivity contribution is 6.42. The molecule has 3 aromatic carbocycles. The van der Waals surface area contributed by atoms with Gasteiger partial charge in [-0.25, -0.2) is 9.59 Å². The average molecular weight is 667 g/mol. The number of fused-ring (bicyclic) bond motifs is 1. The van der Waals surface area contributed by atoms with Crippen molar-refractivity contribution in [2.45, 2.75) is 32.7 Å². The summed E-state index contributed by atoms with van der Waals surface area (Å²) in [5.74, 6) is 0.167. The van der Waals surface area contributed by atoms with Crippen molar-refractivity contribution in [3.63, 3.8) is 0 Å². The fourth-order valence-corrected chi connectivity index (χ4v) is 5.48. The van der Waals surface area contributed by atoms with Crippen LogP contribution in [0.5, 0.6) is 11.5 Å². The Morgan fingerprint density at radius 1 is 1.11 bits per heavy atom. The van der Waals surface area contributed by atoms with Crippen LogP contribution in [0.3, 0.4) is 0 Å². The quantitative estimate of drug-likeness (QED) is 0.0678. The highest BCUT2D eigenvalue weighted by Crippen LogP contribution is 2.35. The summed E-state index contributed by atoms with van der Waals surface area (Å²) in [4.78, 5) is 24.7. The van der Waals surface area contributed by atoms with E-state index in [-0.39, 0.29) is 12.2 Å². The zero-order chi connectivity index (χ0) is 32.8. The Hall–Kier alpha value is -4.71. The van der Waals surface area contributed by atoms with Crippen molar-refractivity contribution in [3.8, 4) is 11.5 Å². The fraction of sp³-hybridized carbons (Fsp3) is 0.242. The van der Waals surface area contributed by atoms with Gasteiger partial charge in [0.15, 0.2) is 17.7 Å². The van der Waals surface area contributed by atoms with Gasteiger partial charge in [0, 0.05) is 34.9 Å². The smallest absolute Gasteiger partial charge is 0.337 e. The second-order valence-corrected chi connectivity index (χ2v) is 11.2. The Morgan fingerprint density at radius 3 is 2.67 bits per heavy atom. The van der Waals surface area contributed by atoms with Crippen molar-refractivity contribution in [2.24, 2.45) is 5.10 Å². The molecule has 240 valence electrons. The molecule has 0 spiro atoms. The van der Waals surface area contributed by atoms with Gasteiger partial charge in [-0.1, -0.05) is 53.5 Å². The van der Waals surface area contributed by atoms with Gasteiger partial charge in [-0.15, -0.1) is 0 Å². The van der Waals surface area contributed by atoms with Gasteiger partial charge in [-0.3, -0.25) is 5.43 Å². The number of nitrogens with zero attached hydrogens (tertiary/aromatic N) is 2. The van der Waals surface area contributed by atoms with Crippen LogP contribution >= 0.6 is 23.2 Å². The molecule has 0 saturated carbocycles. The van der Waals surface area contributed by atoms with Crippen molar-refractivity contribution >= 4 is 52.3 Å². The van der Waals surface area contributed by atoms with E-state index in [1.54, 1.807) is 37.4 Å². The molecule has 4 aromatic rings. The number of halogens is 2. The fourth-order valence-electron chi connectivity index (χ4n) is 5.16. The molecule has 0 bridgehead atoms. The predicted octanol–water partition coefficient (Wildman–Crippen LogP) is 5.52. The highest BCUT2D eigenvalue weighted by Gasteiger charge is 2.32. The molecule has 1 aliphatic heterocycles. The van der Waals surface area contributed by atoms with Gasteiger partial charge in [0.25, 0.3) is 0 Å². The molecule has 1 aromatic heterocycles. The minimum Gasteiger partial charge on any atom is -0.490 e. The molecule has 11 nitrogen and oxygen atoms in total. The number of esters is 1. The molecule has 1 aliphatic rings. The molecule has 0 aliphatic carbocycles. The molecule has 5 rings (SSSR count). The zero-order valence-electron chi connectivity index (χ0n) is 25.3. The SMILES string of the molecule is CCOc1cc([C@H]2NC(=O)NC(C)=C2C(=O)OC)ccc1OC[C@H](O)N/N=C/c1cn(Cc2ccc(Cl)c(Cl)c2)c2ccccc12. The molecular weight excluding hydrogens is 633 g/mol. The van der Waals surface area contributed by atoms with Gasteiger partial charge in [-0.05, 0) is 55.3 Å². The summed E-state index contributed by atoms with van der Waals surface area (Å²) < 4.78 is 18.7. The second kappa shape index (κ2) is 14.6. The van der Waals surface area contributed by atoms with Gasteiger partial charge in [0.1, 0.15) is 6.61 Å². The number of carbonyl (C=O) groups excluding carboxylic acids is 2. The summed E-state index contributed by atoms with van der Waals surface area (Å²) in [5, 5.41) is 22.2. The van der Waals surface area contributed by atoms with E-state index < -0.39 is 24.3 Å². The summed E-state index contributed by atoms with van der Waals surface area (Å²) in [6, 6.07) is 17.3. The van der Waals surface area contributed by atoms with E-state index in [2.05, 4.69) is 25.7 Å². The largest absolute Gasteiger partial charge is 0.490 e. The Balaban J connectivity index is 1.26. The lowest BCUT2D eigenvalue weighted by Crippen LogP contribution is -2.45. The van der Waals surface area contributed by atoms with E-state index in [9.17, 15) is 14.7 Å². The van der Waals surface area contributed by atoms with Crippen LogP contribution in [0.2, 0.25) is 10.0 Å². The lowest BCUT2D eigenvalue weighted by Gasteiger charge is -2.28. The van der Waals surface area contributed by atoms with Gasteiger partial charge in [0.2, 0.25) is 0 Å². The number of hydrogen-bond acceptors (Lipinski definition) is 8. The Kier molecular flexibility index (Phi) is 10.4. The lowest BCUT2D eigenvalue weighted by atomic mass is 9.95. The zero-order valence-corrected chi connectivity index (χ0v) is 26.9. The van der Waals surface area contributed by atoms with E-state index in [1.807, 2.05) is 49.5 Å². The molecule has 0 saturated heterocycles. The third-order valence-corrected chi connectivity index (χ3v) is 7.99. The van der Waals surface area contributed by atoms with E-state index in [0.717, 1.165) is 22.0 Å². The van der Waals surface area contributed by atoms with Crippen LogP contribution in [0.25, 0.3) is 10.9 Å².